The zero-order chi connectivity index (χ0) is 20.9. The number of nitrogens with zero attached hydrogens (tertiary/aromatic N) is 1. The number of anilines is 1. The van der Waals surface area contributed by atoms with Gasteiger partial charge in [0.25, 0.3) is 0 Å². The van der Waals surface area contributed by atoms with Gasteiger partial charge in [-0.05, 0) is 60.4 Å². The first-order chi connectivity index (χ1) is 14.6. The van der Waals surface area contributed by atoms with Crippen LogP contribution in [0.1, 0.15) is 29.7 Å². The molecule has 6 heteroatoms. The van der Waals surface area contributed by atoms with Gasteiger partial charge in [0, 0.05) is 11.6 Å². The number of halogens is 1. The van der Waals surface area contributed by atoms with Crippen LogP contribution in [0.25, 0.3) is 0 Å². The van der Waals surface area contributed by atoms with Gasteiger partial charge in [0.1, 0.15) is 11.6 Å². The first-order valence-corrected chi connectivity index (χ1v) is 10.0. The van der Waals surface area contributed by atoms with Crippen molar-refractivity contribution in [1.29, 1.82) is 0 Å². The van der Waals surface area contributed by atoms with Crippen molar-refractivity contribution in [2.75, 3.05) is 4.90 Å². The van der Waals surface area contributed by atoms with Crippen molar-refractivity contribution in [1.82, 2.24) is 5.32 Å². The van der Waals surface area contributed by atoms with Crippen LogP contribution in [-0.2, 0) is 29.1 Å². The first-order valence-electron chi connectivity index (χ1n) is 10.0. The van der Waals surface area contributed by atoms with Crippen LogP contribution in [-0.4, -0.2) is 11.8 Å². The predicted molar refractivity (Wildman–Crippen MR) is 111 cm³/mol. The first kappa shape index (κ1) is 19.9. The molecule has 1 N–H and O–H groups in total. The molecule has 0 unspecified atom stereocenters. The largest absolute Gasteiger partial charge is 0.467 e. The summed E-state index contributed by atoms with van der Waals surface area (Å²) in [6.45, 7) is 0.664. The summed E-state index contributed by atoms with van der Waals surface area (Å²) >= 11 is 0. The van der Waals surface area contributed by atoms with E-state index in [1.165, 1.54) is 12.1 Å². The molecule has 0 aliphatic heterocycles. The van der Waals surface area contributed by atoms with Crippen molar-refractivity contribution in [2.45, 2.75) is 32.4 Å². The molecule has 2 aromatic carbocycles. The van der Waals surface area contributed by atoms with Crippen molar-refractivity contribution in [2.24, 2.45) is 5.92 Å². The SMILES string of the molecule is O=C(Cc1ccc(N(Cc2cccc(F)c2)C(=O)C2CC2)cc1)NCc1ccco1. The molecule has 4 rings (SSSR count). The lowest BCUT2D eigenvalue weighted by Gasteiger charge is -2.23. The number of amides is 2. The van der Waals surface area contributed by atoms with E-state index in [0.29, 0.717) is 18.8 Å². The third-order valence-electron chi connectivity index (χ3n) is 5.07. The van der Waals surface area contributed by atoms with E-state index in [0.717, 1.165) is 29.7 Å². The van der Waals surface area contributed by atoms with Gasteiger partial charge in [0.2, 0.25) is 11.8 Å². The van der Waals surface area contributed by atoms with E-state index in [4.69, 9.17) is 4.42 Å². The Labute approximate surface area is 174 Å². The van der Waals surface area contributed by atoms with E-state index in [9.17, 15) is 14.0 Å². The molecule has 154 valence electrons. The number of rotatable bonds is 8. The van der Waals surface area contributed by atoms with E-state index in [-0.39, 0.29) is 30.0 Å². The summed E-state index contributed by atoms with van der Waals surface area (Å²) in [7, 11) is 0. The Kier molecular flexibility index (Phi) is 5.93. The number of carbonyl (C=O) groups is 2. The summed E-state index contributed by atoms with van der Waals surface area (Å²) in [6.07, 6.45) is 3.60. The van der Waals surface area contributed by atoms with E-state index < -0.39 is 0 Å². The fraction of sp³-hybridized carbons (Fsp3) is 0.250. The second-order valence-electron chi connectivity index (χ2n) is 7.53. The number of furan rings is 1. The average molecular weight is 406 g/mol. The van der Waals surface area contributed by atoms with Gasteiger partial charge in [-0.25, -0.2) is 4.39 Å². The Morgan fingerprint density at radius 2 is 1.83 bits per heavy atom. The molecule has 1 aliphatic rings. The van der Waals surface area contributed by atoms with Crippen LogP contribution in [0.4, 0.5) is 10.1 Å². The van der Waals surface area contributed by atoms with Crippen molar-refractivity contribution in [3.8, 4) is 0 Å². The molecule has 3 aromatic rings. The lowest BCUT2D eigenvalue weighted by Crippen LogP contribution is -2.31. The second-order valence-corrected chi connectivity index (χ2v) is 7.53. The van der Waals surface area contributed by atoms with E-state index >= 15 is 0 Å². The topological polar surface area (TPSA) is 62.6 Å². The maximum atomic E-state index is 13.6. The average Bonchev–Trinajstić information content (AvgIpc) is 3.46. The molecule has 2 amide bonds. The highest BCUT2D eigenvalue weighted by Crippen LogP contribution is 2.33. The number of nitrogens with one attached hydrogen (secondary N) is 1. The Morgan fingerprint density at radius 3 is 2.50 bits per heavy atom. The Hall–Kier alpha value is -3.41. The van der Waals surface area contributed by atoms with Crippen LogP contribution in [0.5, 0.6) is 0 Å². The van der Waals surface area contributed by atoms with Crippen LogP contribution >= 0.6 is 0 Å². The second kappa shape index (κ2) is 8.95. The summed E-state index contributed by atoms with van der Waals surface area (Å²) in [5, 5.41) is 2.82. The zero-order valence-corrected chi connectivity index (χ0v) is 16.5. The zero-order valence-electron chi connectivity index (χ0n) is 16.5. The summed E-state index contributed by atoms with van der Waals surface area (Å²) in [6, 6.07) is 17.3. The van der Waals surface area contributed by atoms with Crippen molar-refractivity contribution < 1.29 is 18.4 Å². The molecule has 30 heavy (non-hydrogen) atoms. The number of carbonyl (C=O) groups excluding carboxylic acids is 2. The quantitative estimate of drug-likeness (QED) is 0.609. The van der Waals surface area contributed by atoms with Crippen LogP contribution in [0.3, 0.4) is 0 Å². The lowest BCUT2D eigenvalue weighted by atomic mass is 10.1. The molecule has 0 radical (unpaired) electrons. The maximum absolute atomic E-state index is 13.6. The number of hydrogen-bond acceptors (Lipinski definition) is 3. The fourth-order valence-electron chi connectivity index (χ4n) is 3.31. The van der Waals surface area contributed by atoms with Gasteiger partial charge in [0.05, 0.1) is 25.8 Å². The van der Waals surface area contributed by atoms with Gasteiger partial charge in [-0.3, -0.25) is 9.59 Å². The number of hydrogen-bond donors (Lipinski definition) is 1. The van der Waals surface area contributed by atoms with Gasteiger partial charge in [-0.2, -0.15) is 0 Å². The van der Waals surface area contributed by atoms with E-state index in [1.807, 2.05) is 30.3 Å². The van der Waals surface area contributed by atoms with Crippen molar-refractivity contribution >= 4 is 17.5 Å². The third kappa shape index (κ3) is 5.14. The van der Waals surface area contributed by atoms with Gasteiger partial charge in [0.15, 0.2) is 0 Å². The van der Waals surface area contributed by atoms with Crippen molar-refractivity contribution in [3.63, 3.8) is 0 Å². The molecule has 0 bridgehead atoms. The van der Waals surface area contributed by atoms with Crippen LogP contribution in [0, 0.1) is 11.7 Å². The molecule has 1 aromatic heterocycles. The molecule has 1 fully saturated rings. The highest BCUT2D eigenvalue weighted by Gasteiger charge is 2.34. The molecule has 1 heterocycles. The summed E-state index contributed by atoms with van der Waals surface area (Å²) in [5.41, 5.74) is 2.33. The minimum atomic E-state index is -0.317. The minimum Gasteiger partial charge on any atom is -0.467 e. The summed E-state index contributed by atoms with van der Waals surface area (Å²) in [5.74, 6) is 0.381. The van der Waals surface area contributed by atoms with Gasteiger partial charge >= 0.3 is 0 Å². The molecule has 1 aliphatic carbocycles. The Bertz CT molecular complexity index is 1010. The molecule has 0 spiro atoms. The summed E-state index contributed by atoms with van der Waals surface area (Å²) < 4.78 is 18.8. The maximum Gasteiger partial charge on any atom is 0.230 e. The standard InChI is InChI=1S/C24H23FN2O3/c25-20-4-1-3-18(13-20)16-27(24(29)19-8-9-19)21-10-6-17(7-11-21)14-23(28)26-15-22-5-2-12-30-22/h1-7,10-13,19H,8-9,14-16H2,(H,26,28). The Morgan fingerprint density at radius 1 is 1.03 bits per heavy atom. The smallest absolute Gasteiger partial charge is 0.230 e. The highest BCUT2D eigenvalue weighted by molar-refractivity contribution is 5.96. The molecule has 0 atom stereocenters. The van der Waals surface area contributed by atoms with Crippen LogP contribution in [0.2, 0.25) is 0 Å². The Balaban J connectivity index is 1.42. The van der Waals surface area contributed by atoms with Gasteiger partial charge < -0.3 is 14.6 Å². The van der Waals surface area contributed by atoms with Crippen molar-refractivity contribution in [3.05, 3.63) is 89.6 Å². The van der Waals surface area contributed by atoms with Crippen LogP contribution < -0.4 is 10.2 Å². The predicted octanol–water partition coefficient (Wildman–Crippen LogP) is 4.22. The fourth-order valence-corrected chi connectivity index (χ4v) is 3.31. The van der Waals surface area contributed by atoms with E-state index in [1.54, 1.807) is 29.4 Å². The molecular formula is C24H23FN2O3. The van der Waals surface area contributed by atoms with Crippen LogP contribution in [0.15, 0.2) is 71.3 Å². The highest BCUT2D eigenvalue weighted by atomic mass is 19.1. The van der Waals surface area contributed by atoms with Gasteiger partial charge in [-0.15, -0.1) is 0 Å². The number of benzene rings is 2. The molecule has 5 nitrogen and oxygen atoms in total. The van der Waals surface area contributed by atoms with Gasteiger partial charge in [-0.1, -0.05) is 24.3 Å². The third-order valence-corrected chi connectivity index (χ3v) is 5.07. The normalized spacial score (nSPS) is 13.1. The monoisotopic (exact) mass is 406 g/mol. The van der Waals surface area contributed by atoms with E-state index in [2.05, 4.69) is 5.32 Å². The molecule has 1 saturated carbocycles. The summed E-state index contributed by atoms with van der Waals surface area (Å²) in [4.78, 5) is 26.7. The minimum absolute atomic E-state index is 0.0469. The molecule has 0 saturated heterocycles. The lowest BCUT2D eigenvalue weighted by molar-refractivity contribution is -0.121. The molecular weight excluding hydrogens is 383 g/mol.